The molecule has 0 saturated carbocycles. The SMILES string of the molecule is [CH]CC(=O)Nc1ccc(C)c(NC(=O)C[CH])c1. The summed E-state index contributed by atoms with van der Waals surface area (Å²) in [6, 6.07) is 5.19. The number of amides is 2. The van der Waals surface area contributed by atoms with Crippen molar-refractivity contribution in [3.63, 3.8) is 0 Å². The highest BCUT2D eigenvalue weighted by Gasteiger charge is 2.05. The van der Waals surface area contributed by atoms with Crippen molar-refractivity contribution in [1.82, 2.24) is 0 Å². The maximum atomic E-state index is 11.2. The van der Waals surface area contributed by atoms with Crippen molar-refractivity contribution in [3.8, 4) is 0 Å². The molecule has 0 aliphatic heterocycles. The van der Waals surface area contributed by atoms with Crippen molar-refractivity contribution in [3.05, 3.63) is 37.6 Å². The fourth-order valence-corrected chi connectivity index (χ4v) is 1.25. The summed E-state index contributed by atoms with van der Waals surface area (Å²) in [4.78, 5) is 22.3. The van der Waals surface area contributed by atoms with E-state index in [1.165, 1.54) is 0 Å². The van der Waals surface area contributed by atoms with Crippen LogP contribution in [0.3, 0.4) is 0 Å². The second kappa shape index (κ2) is 6.03. The lowest BCUT2D eigenvalue weighted by molar-refractivity contribution is -0.116. The van der Waals surface area contributed by atoms with E-state index in [0.29, 0.717) is 11.4 Å². The van der Waals surface area contributed by atoms with Gasteiger partial charge in [-0.3, -0.25) is 9.59 Å². The van der Waals surface area contributed by atoms with Crippen LogP contribution in [0.4, 0.5) is 11.4 Å². The first-order chi connectivity index (χ1) is 8.06. The number of hydrogen-bond donors (Lipinski definition) is 2. The number of carbonyl (C=O) groups is 2. The molecule has 0 aliphatic carbocycles. The van der Waals surface area contributed by atoms with Crippen LogP contribution in [0.15, 0.2) is 18.2 Å². The summed E-state index contributed by atoms with van der Waals surface area (Å²) in [6.45, 7) is 12.3. The maximum Gasteiger partial charge on any atom is 0.224 e. The Hall–Kier alpha value is -1.84. The second-order valence-corrected chi connectivity index (χ2v) is 3.53. The van der Waals surface area contributed by atoms with Gasteiger partial charge in [-0.05, 0) is 38.5 Å². The second-order valence-electron chi connectivity index (χ2n) is 3.53. The third kappa shape index (κ3) is 3.90. The van der Waals surface area contributed by atoms with Gasteiger partial charge in [-0.2, -0.15) is 0 Å². The normalized spacial score (nSPS) is 9.82. The van der Waals surface area contributed by atoms with Crippen molar-refractivity contribution in [2.75, 3.05) is 10.6 Å². The van der Waals surface area contributed by atoms with Crippen molar-refractivity contribution in [2.45, 2.75) is 19.8 Å². The number of rotatable bonds is 4. The van der Waals surface area contributed by atoms with Gasteiger partial charge in [-0.1, -0.05) is 6.07 Å². The van der Waals surface area contributed by atoms with Crippen LogP contribution in [-0.2, 0) is 9.59 Å². The zero-order valence-electron chi connectivity index (χ0n) is 9.62. The first-order valence-electron chi connectivity index (χ1n) is 5.17. The van der Waals surface area contributed by atoms with Crippen molar-refractivity contribution >= 4 is 23.2 Å². The molecule has 0 spiro atoms. The number of anilines is 2. The van der Waals surface area contributed by atoms with E-state index in [0.717, 1.165) is 5.56 Å². The summed E-state index contributed by atoms with van der Waals surface area (Å²) in [7, 11) is 0. The monoisotopic (exact) mass is 230 g/mol. The van der Waals surface area contributed by atoms with Gasteiger partial charge in [-0.15, -0.1) is 0 Å². The summed E-state index contributed by atoms with van der Waals surface area (Å²) in [5.41, 5.74) is 2.09. The van der Waals surface area contributed by atoms with Gasteiger partial charge in [-0.25, -0.2) is 0 Å². The fraction of sp³-hybridized carbons (Fsp3) is 0.231. The predicted octanol–water partition coefficient (Wildman–Crippen LogP) is 2.07. The quantitative estimate of drug-likeness (QED) is 0.832. The zero-order valence-corrected chi connectivity index (χ0v) is 9.62. The smallest absolute Gasteiger partial charge is 0.224 e. The molecule has 17 heavy (non-hydrogen) atoms. The molecule has 2 N–H and O–H groups in total. The van der Waals surface area contributed by atoms with Gasteiger partial charge in [0.25, 0.3) is 0 Å². The Balaban J connectivity index is 2.86. The Kier molecular flexibility index (Phi) is 4.69. The number of benzene rings is 1. The molecule has 0 aromatic heterocycles. The topological polar surface area (TPSA) is 58.2 Å². The Morgan fingerprint density at radius 3 is 2.29 bits per heavy atom. The molecular formula is C13H14N2O2. The largest absolute Gasteiger partial charge is 0.326 e. The van der Waals surface area contributed by atoms with Crippen molar-refractivity contribution < 1.29 is 9.59 Å². The molecule has 0 atom stereocenters. The summed E-state index contributed by atoms with van der Waals surface area (Å²) in [5, 5.41) is 5.25. The molecule has 4 nitrogen and oxygen atoms in total. The van der Waals surface area contributed by atoms with Crippen LogP contribution in [0.25, 0.3) is 0 Å². The van der Waals surface area contributed by atoms with Crippen LogP contribution < -0.4 is 10.6 Å². The highest BCUT2D eigenvalue weighted by Crippen LogP contribution is 2.20. The molecule has 0 heterocycles. The van der Waals surface area contributed by atoms with Gasteiger partial charge >= 0.3 is 0 Å². The molecule has 4 radical (unpaired) electrons. The van der Waals surface area contributed by atoms with E-state index in [4.69, 9.17) is 13.8 Å². The van der Waals surface area contributed by atoms with Crippen molar-refractivity contribution in [2.24, 2.45) is 0 Å². The summed E-state index contributed by atoms with van der Waals surface area (Å²) < 4.78 is 0. The lowest BCUT2D eigenvalue weighted by atomic mass is 10.1. The average Bonchev–Trinajstić information content (AvgIpc) is 2.33. The van der Waals surface area contributed by atoms with E-state index in [-0.39, 0.29) is 24.7 Å². The minimum absolute atomic E-state index is 0.0845. The summed E-state index contributed by atoms with van der Waals surface area (Å²) >= 11 is 0. The zero-order chi connectivity index (χ0) is 12.8. The molecular weight excluding hydrogens is 216 g/mol. The molecule has 88 valence electrons. The number of hydrogen-bond acceptors (Lipinski definition) is 2. The van der Waals surface area contributed by atoms with Crippen LogP contribution in [-0.4, -0.2) is 11.8 Å². The van der Waals surface area contributed by atoms with Crippen LogP contribution in [0.5, 0.6) is 0 Å². The molecule has 0 unspecified atom stereocenters. The Bertz CT molecular complexity index is 427. The molecule has 4 heteroatoms. The standard InChI is InChI=1S/C13H14N2O2/c1-4-12(16)14-10-7-6-9(3)11(8-10)15-13(17)5-2/h1-2,6-8H,4-5H2,3H3,(H,14,16)(H,15,17). The van der Waals surface area contributed by atoms with E-state index in [1.54, 1.807) is 18.2 Å². The van der Waals surface area contributed by atoms with E-state index >= 15 is 0 Å². The van der Waals surface area contributed by atoms with Crippen molar-refractivity contribution in [1.29, 1.82) is 0 Å². The van der Waals surface area contributed by atoms with Gasteiger partial charge < -0.3 is 10.6 Å². The maximum absolute atomic E-state index is 11.2. The fourth-order valence-electron chi connectivity index (χ4n) is 1.25. The van der Waals surface area contributed by atoms with E-state index in [9.17, 15) is 9.59 Å². The van der Waals surface area contributed by atoms with Gasteiger partial charge in [0.2, 0.25) is 11.8 Å². The molecule has 1 aromatic carbocycles. The minimum atomic E-state index is -0.287. The molecule has 0 bridgehead atoms. The van der Waals surface area contributed by atoms with E-state index in [1.807, 2.05) is 6.92 Å². The third-order valence-electron chi connectivity index (χ3n) is 2.17. The highest BCUT2D eigenvalue weighted by molar-refractivity contribution is 5.95. The highest BCUT2D eigenvalue weighted by atomic mass is 16.2. The first kappa shape index (κ1) is 13.2. The van der Waals surface area contributed by atoms with Crippen LogP contribution in [0, 0.1) is 20.8 Å². The Morgan fingerprint density at radius 1 is 1.12 bits per heavy atom. The third-order valence-corrected chi connectivity index (χ3v) is 2.17. The lowest BCUT2D eigenvalue weighted by Crippen LogP contribution is -2.13. The molecule has 2 amide bonds. The van der Waals surface area contributed by atoms with Crippen LogP contribution in [0.1, 0.15) is 18.4 Å². The predicted molar refractivity (Wildman–Crippen MR) is 66.3 cm³/mol. The molecule has 0 saturated heterocycles. The number of nitrogens with one attached hydrogen (secondary N) is 2. The Labute approximate surface area is 101 Å². The van der Waals surface area contributed by atoms with Gasteiger partial charge in [0.15, 0.2) is 0 Å². The molecule has 1 aromatic rings. The number of carbonyl (C=O) groups excluding carboxylic acids is 2. The van der Waals surface area contributed by atoms with Crippen LogP contribution >= 0.6 is 0 Å². The van der Waals surface area contributed by atoms with E-state index < -0.39 is 0 Å². The first-order valence-corrected chi connectivity index (χ1v) is 5.17. The van der Waals surface area contributed by atoms with Crippen LogP contribution in [0.2, 0.25) is 0 Å². The van der Waals surface area contributed by atoms with Gasteiger partial charge in [0, 0.05) is 24.2 Å². The van der Waals surface area contributed by atoms with E-state index in [2.05, 4.69) is 10.6 Å². The Morgan fingerprint density at radius 2 is 1.71 bits per heavy atom. The minimum Gasteiger partial charge on any atom is -0.326 e. The molecule has 0 aliphatic rings. The molecule has 0 fully saturated rings. The average molecular weight is 230 g/mol. The summed E-state index contributed by atoms with van der Waals surface area (Å²) in [6.07, 6.45) is -0.169. The molecule has 1 rings (SSSR count). The van der Waals surface area contributed by atoms with Gasteiger partial charge in [0.05, 0.1) is 0 Å². The summed E-state index contributed by atoms with van der Waals surface area (Å²) in [5.74, 6) is -0.569. The lowest BCUT2D eigenvalue weighted by Gasteiger charge is -2.10. The van der Waals surface area contributed by atoms with Gasteiger partial charge in [0.1, 0.15) is 0 Å². The number of aryl methyl sites for hydroxylation is 1.